The van der Waals surface area contributed by atoms with E-state index in [-0.39, 0.29) is 4.90 Å². The van der Waals surface area contributed by atoms with E-state index in [0.29, 0.717) is 22.7 Å². The zero-order chi connectivity index (χ0) is 16.6. The molecule has 120 valence electrons. The van der Waals surface area contributed by atoms with Gasteiger partial charge in [0.15, 0.2) is 9.84 Å². The third-order valence-electron chi connectivity index (χ3n) is 3.73. The number of sulfone groups is 1. The predicted molar refractivity (Wildman–Crippen MR) is 97.0 cm³/mol. The molecular weight excluding hydrogens is 400 g/mol. The Morgan fingerprint density at radius 2 is 1.91 bits per heavy atom. The minimum Gasteiger partial charge on any atom is -0.278 e. The van der Waals surface area contributed by atoms with Crippen LogP contribution in [-0.2, 0) is 9.84 Å². The quantitative estimate of drug-likeness (QED) is 0.738. The first kappa shape index (κ1) is 16.5. The van der Waals surface area contributed by atoms with E-state index in [9.17, 15) is 8.42 Å². The molecule has 1 N–H and O–H groups in total. The number of nitrogens with zero attached hydrogens (tertiary/aromatic N) is 1. The molecule has 2 aromatic carbocycles. The minimum absolute atomic E-state index is 0.289. The summed E-state index contributed by atoms with van der Waals surface area (Å²) in [5.74, 6) is 0. The Hall–Kier alpha value is -1.37. The van der Waals surface area contributed by atoms with Crippen LogP contribution in [0.15, 0.2) is 56.9 Å². The van der Waals surface area contributed by atoms with Crippen LogP contribution in [0.2, 0.25) is 5.02 Å². The van der Waals surface area contributed by atoms with Gasteiger partial charge in [0.1, 0.15) is 0 Å². The lowest BCUT2D eigenvalue weighted by Crippen LogP contribution is -2.30. The van der Waals surface area contributed by atoms with Gasteiger partial charge in [-0.05, 0) is 49.4 Å². The standard InChI is InChI=1S/C16H14BrClN2O2S/c1-10-8-15(20-19-13-5-2-11(17)3-6-13)14-9-12(18)4-7-16(14)23(10,21)22/h2-7,9-10,19H,8H2,1H3/b20-15-/t10-/m0/s1. The van der Waals surface area contributed by atoms with Gasteiger partial charge in [0.05, 0.1) is 21.5 Å². The van der Waals surface area contributed by atoms with E-state index in [1.165, 1.54) is 0 Å². The predicted octanol–water partition coefficient (Wildman–Crippen LogP) is 4.48. The Labute approximate surface area is 148 Å². The van der Waals surface area contributed by atoms with Gasteiger partial charge in [-0.3, -0.25) is 5.43 Å². The second-order valence-corrected chi connectivity index (χ2v) is 9.06. The Bertz CT molecular complexity index is 879. The van der Waals surface area contributed by atoms with Crippen LogP contribution in [0.5, 0.6) is 0 Å². The molecule has 0 saturated carbocycles. The molecule has 1 aliphatic heterocycles. The van der Waals surface area contributed by atoms with E-state index >= 15 is 0 Å². The maximum atomic E-state index is 12.4. The van der Waals surface area contributed by atoms with Crippen molar-refractivity contribution >= 4 is 48.8 Å². The Morgan fingerprint density at radius 1 is 1.22 bits per heavy atom. The molecule has 0 radical (unpaired) electrons. The summed E-state index contributed by atoms with van der Waals surface area (Å²) in [7, 11) is -3.33. The first-order valence-electron chi connectivity index (χ1n) is 7.00. The van der Waals surface area contributed by atoms with Crippen LogP contribution in [0.1, 0.15) is 18.9 Å². The van der Waals surface area contributed by atoms with Gasteiger partial charge in [-0.1, -0.05) is 27.5 Å². The van der Waals surface area contributed by atoms with E-state index in [2.05, 4.69) is 26.5 Å². The monoisotopic (exact) mass is 412 g/mol. The number of anilines is 1. The summed E-state index contributed by atoms with van der Waals surface area (Å²) in [5.41, 5.74) is 5.06. The molecule has 3 rings (SSSR count). The van der Waals surface area contributed by atoms with Crippen molar-refractivity contribution in [2.24, 2.45) is 5.10 Å². The van der Waals surface area contributed by atoms with Crippen molar-refractivity contribution in [3.8, 4) is 0 Å². The van der Waals surface area contributed by atoms with Gasteiger partial charge in [-0.25, -0.2) is 8.42 Å². The van der Waals surface area contributed by atoms with Crippen molar-refractivity contribution in [3.05, 3.63) is 57.5 Å². The largest absolute Gasteiger partial charge is 0.278 e. The van der Waals surface area contributed by atoms with E-state index in [1.54, 1.807) is 25.1 Å². The fourth-order valence-corrected chi connectivity index (χ4v) is 4.44. The number of hydrazone groups is 1. The highest BCUT2D eigenvalue weighted by molar-refractivity contribution is 9.10. The zero-order valence-electron chi connectivity index (χ0n) is 12.3. The lowest BCUT2D eigenvalue weighted by atomic mass is 10.1. The van der Waals surface area contributed by atoms with E-state index in [0.717, 1.165) is 10.2 Å². The maximum Gasteiger partial charge on any atom is 0.182 e. The van der Waals surface area contributed by atoms with Gasteiger partial charge in [0.2, 0.25) is 0 Å². The molecule has 1 aliphatic rings. The minimum atomic E-state index is -3.33. The molecule has 2 aromatic rings. The van der Waals surface area contributed by atoms with Crippen LogP contribution in [0.25, 0.3) is 0 Å². The van der Waals surface area contributed by atoms with Crippen molar-refractivity contribution in [1.29, 1.82) is 0 Å². The average molecular weight is 414 g/mol. The summed E-state index contributed by atoms with van der Waals surface area (Å²) in [6.45, 7) is 1.70. The lowest BCUT2D eigenvalue weighted by Gasteiger charge is -2.23. The van der Waals surface area contributed by atoms with E-state index < -0.39 is 15.1 Å². The van der Waals surface area contributed by atoms with Crippen LogP contribution < -0.4 is 5.43 Å². The average Bonchev–Trinajstić information content (AvgIpc) is 2.51. The zero-order valence-corrected chi connectivity index (χ0v) is 15.4. The molecule has 1 heterocycles. The molecule has 0 aliphatic carbocycles. The van der Waals surface area contributed by atoms with E-state index in [4.69, 9.17) is 11.6 Å². The number of hydrogen-bond acceptors (Lipinski definition) is 4. The maximum absolute atomic E-state index is 12.4. The number of hydrogen-bond donors (Lipinski definition) is 1. The normalized spacial score (nSPS) is 21.0. The van der Waals surface area contributed by atoms with Crippen molar-refractivity contribution in [2.75, 3.05) is 5.43 Å². The highest BCUT2D eigenvalue weighted by atomic mass is 79.9. The first-order valence-corrected chi connectivity index (χ1v) is 9.71. The summed E-state index contributed by atoms with van der Waals surface area (Å²) in [4.78, 5) is 0.289. The van der Waals surface area contributed by atoms with Gasteiger partial charge in [0.25, 0.3) is 0 Å². The fourth-order valence-electron chi connectivity index (χ4n) is 2.45. The second kappa shape index (κ2) is 6.26. The fraction of sp³-hybridized carbons (Fsp3) is 0.188. The molecular formula is C16H14BrClN2O2S. The number of fused-ring (bicyclic) bond motifs is 1. The van der Waals surface area contributed by atoms with Gasteiger partial charge >= 0.3 is 0 Å². The van der Waals surface area contributed by atoms with Gasteiger partial charge in [0, 0.05) is 21.5 Å². The molecule has 0 unspecified atom stereocenters. The van der Waals surface area contributed by atoms with Crippen LogP contribution in [0.4, 0.5) is 5.69 Å². The van der Waals surface area contributed by atoms with Gasteiger partial charge < -0.3 is 0 Å². The molecule has 0 fully saturated rings. The Morgan fingerprint density at radius 3 is 2.61 bits per heavy atom. The molecule has 0 saturated heterocycles. The lowest BCUT2D eigenvalue weighted by molar-refractivity contribution is 0.582. The van der Waals surface area contributed by atoms with Crippen molar-refractivity contribution in [1.82, 2.24) is 0 Å². The van der Waals surface area contributed by atoms with Gasteiger partial charge in [-0.2, -0.15) is 5.10 Å². The molecule has 4 nitrogen and oxygen atoms in total. The topological polar surface area (TPSA) is 58.5 Å². The molecule has 1 atom stereocenters. The number of rotatable bonds is 2. The molecule has 23 heavy (non-hydrogen) atoms. The molecule has 0 bridgehead atoms. The third-order valence-corrected chi connectivity index (χ3v) is 6.69. The Balaban J connectivity index is 2.01. The van der Waals surface area contributed by atoms with Crippen molar-refractivity contribution < 1.29 is 8.42 Å². The summed E-state index contributed by atoms with van der Waals surface area (Å²) in [6, 6.07) is 12.4. The molecule has 0 amide bonds. The Kier molecular flexibility index (Phi) is 4.49. The second-order valence-electron chi connectivity index (χ2n) is 5.38. The van der Waals surface area contributed by atoms with Crippen molar-refractivity contribution in [3.63, 3.8) is 0 Å². The molecule has 7 heteroatoms. The van der Waals surface area contributed by atoms with Crippen LogP contribution in [-0.4, -0.2) is 19.4 Å². The number of benzene rings is 2. The van der Waals surface area contributed by atoms with Crippen LogP contribution >= 0.6 is 27.5 Å². The molecule has 0 aromatic heterocycles. The van der Waals surface area contributed by atoms with Crippen molar-refractivity contribution in [2.45, 2.75) is 23.5 Å². The first-order chi connectivity index (χ1) is 10.9. The summed E-state index contributed by atoms with van der Waals surface area (Å²) in [6.07, 6.45) is 0.346. The number of nitrogens with one attached hydrogen (secondary N) is 1. The SMILES string of the molecule is C[C@H]1C/C(=N/Nc2ccc(Br)cc2)c2cc(Cl)ccc2S1(=O)=O. The van der Waals surface area contributed by atoms with Crippen LogP contribution in [0, 0.1) is 0 Å². The summed E-state index contributed by atoms with van der Waals surface area (Å²) < 4.78 is 25.9. The van der Waals surface area contributed by atoms with Crippen LogP contribution in [0.3, 0.4) is 0 Å². The van der Waals surface area contributed by atoms with E-state index in [1.807, 2.05) is 24.3 Å². The summed E-state index contributed by atoms with van der Waals surface area (Å²) >= 11 is 9.41. The highest BCUT2D eigenvalue weighted by Crippen LogP contribution is 2.32. The van der Waals surface area contributed by atoms with Gasteiger partial charge in [-0.15, -0.1) is 0 Å². The molecule has 0 spiro atoms. The third kappa shape index (κ3) is 3.29. The number of halogens is 2. The smallest absolute Gasteiger partial charge is 0.182 e. The summed E-state index contributed by atoms with van der Waals surface area (Å²) in [5, 5.41) is 4.39. The highest BCUT2D eigenvalue weighted by Gasteiger charge is 2.34.